The Hall–Kier alpha value is -4.56. The van der Waals surface area contributed by atoms with Gasteiger partial charge in [0.05, 0.1) is 29.8 Å². The second-order valence-corrected chi connectivity index (χ2v) is 11.4. The van der Waals surface area contributed by atoms with E-state index in [4.69, 9.17) is 14.5 Å². The van der Waals surface area contributed by atoms with Gasteiger partial charge in [0.1, 0.15) is 5.75 Å². The summed E-state index contributed by atoms with van der Waals surface area (Å²) in [5.41, 5.74) is 5.20. The summed E-state index contributed by atoms with van der Waals surface area (Å²) in [5.74, 6) is -0.336. The van der Waals surface area contributed by atoms with Crippen LogP contribution in [-0.2, 0) is 22.5 Å². The van der Waals surface area contributed by atoms with Gasteiger partial charge in [-0.1, -0.05) is 6.07 Å². The van der Waals surface area contributed by atoms with Crippen LogP contribution in [-0.4, -0.2) is 37.8 Å². The minimum absolute atomic E-state index is 0.163. The molecule has 0 saturated heterocycles. The van der Waals surface area contributed by atoms with E-state index in [9.17, 15) is 14.7 Å². The summed E-state index contributed by atoms with van der Waals surface area (Å²) in [5, 5.41) is 12.1. The molecule has 1 aliphatic heterocycles. The highest BCUT2D eigenvalue weighted by atomic mass is 16.5. The maximum Gasteiger partial charge on any atom is 0.337 e. The zero-order chi connectivity index (χ0) is 28.9. The molecule has 0 saturated carbocycles. The minimum atomic E-state index is -1.25. The van der Waals surface area contributed by atoms with Gasteiger partial charge in [0, 0.05) is 53.0 Å². The first-order chi connectivity index (χ1) is 19.6. The molecule has 0 spiro atoms. The molecule has 1 N–H and O–H groups in total. The second kappa shape index (κ2) is 10.1. The van der Waals surface area contributed by atoms with Crippen molar-refractivity contribution in [2.75, 3.05) is 6.61 Å². The average Bonchev–Trinajstić information content (AvgIpc) is 2.94. The Kier molecular flexibility index (Phi) is 6.58. The quantitative estimate of drug-likeness (QED) is 0.284. The monoisotopic (exact) mass is 549 g/mol. The number of pyridine rings is 3. The maximum atomic E-state index is 13.3. The fourth-order valence-corrected chi connectivity index (χ4v) is 5.74. The van der Waals surface area contributed by atoms with Crippen LogP contribution in [0.15, 0.2) is 71.9 Å². The summed E-state index contributed by atoms with van der Waals surface area (Å²) in [7, 11) is 0. The number of nitrogens with zero attached hydrogens (tertiary/aromatic N) is 3. The number of carbonyl (C=O) groups is 1. The molecular weight excluding hydrogens is 518 g/mol. The molecule has 5 aromatic rings. The molecule has 41 heavy (non-hydrogen) atoms. The maximum absolute atomic E-state index is 13.3. The molecule has 1 unspecified atom stereocenters. The third-order valence-corrected chi connectivity index (χ3v) is 7.40. The highest BCUT2D eigenvalue weighted by molar-refractivity contribution is 6.08. The summed E-state index contributed by atoms with van der Waals surface area (Å²) in [6.45, 7) is 8.29. The summed E-state index contributed by atoms with van der Waals surface area (Å²) >= 11 is 0. The molecule has 0 aliphatic carbocycles. The molecule has 208 valence electrons. The summed E-state index contributed by atoms with van der Waals surface area (Å²) in [6, 6.07) is 14.8. The Morgan fingerprint density at radius 2 is 1.98 bits per heavy atom. The van der Waals surface area contributed by atoms with Gasteiger partial charge in [0.25, 0.3) is 5.56 Å². The van der Waals surface area contributed by atoms with Crippen molar-refractivity contribution in [3.63, 3.8) is 0 Å². The van der Waals surface area contributed by atoms with Gasteiger partial charge < -0.3 is 19.1 Å². The largest absolute Gasteiger partial charge is 0.493 e. The van der Waals surface area contributed by atoms with Crippen LogP contribution in [0, 0.1) is 6.92 Å². The molecule has 6 rings (SSSR count). The van der Waals surface area contributed by atoms with Gasteiger partial charge in [-0.05, 0) is 86.3 Å². The van der Waals surface area contributed by atoms with Crippen LogP contribution >= 0.6 is 0 Å². The lowest BCUT2D eigenvalue weighted by atomic mass is 9.86. The zero-order valence-corrected chi connectivity index (χ0v) is 23.5. The van der Waals surface area contributed by atoms with Crippen LogP contribution in [0.2, 0.25) is 0 Å². The predicted molar refractivity (Wildman–Crippen MR) is 157 cm³/mol. The number of aliphatic carboxylic acids is 1. The Balaban J connectivity index is 1.73. The van der Waals surface area contributed by atoms with Gasteiger partial charge in [-0.2, -0.15) is 0 Å². The number of aryl methyl sites for hydroxylation is 1. The molecular formula is C33H31N3O5. The van der Waals surface area contributed by atoms with Crippen LogP contribution < -0.4 is 10.3 Å². The van der Waals surface area contributed by atoms with Crippen molar-refractivity contribution < 1.29 is 19.4 Å². The lowest BCUT2D eigenvalue weighted by Gasteiger charge is -2.29. The molecule has 4 heterocycles. The Labute approximate surface area is 237 Å². The van der Waals surface area contributed by atoms with Crippen molar-refractivity contribution in [1.29, 1.82) is 0 Å². The third kappa shape index (κ3) is 4.85. The van der Waals surface area contributed by atoms with E-state index in [0.29, 0.717) is 35.4 Å². The molecule has 0 radical (unpaired) electrons. The van der Waals surface area contributed by atoms with Gasteiger partial charge in [-0.25, -0.2) is 4.79 Å². The number of rotatable bonds is 6. The minimum Gasteiger partial charge on any atom is -0.493 e. The van der Waals surface area contributed by atoms with E-state index < -0.39 is 17.7 Å². The summed E-state index contributed by atoms with van der Waals surface area (Å²) in [4.78, 5) is 35.1. The molecule has 1 atom stereocenters. The van der Waals surface area contributed by atoms with Gasteiger partial charge >= 0.3 is 5.97 Å². The summed E-state index contributed by atoms with van der Waals surface area (Å²) < 4.78 is 13.9. The lowest BCUT2D eigenvalue weighted by Crippen LogP contribution is -2.28. The van der Waals surface area contributed by atoms with Crippen molar-refractivity contribution in [3.8, 4) is 16.9 Å². The number of carboxylic acids is 1. The normalized spacial score (nSPS) is 13.8. The average molecular weight is 550 g/mol. The van der Waals surface area contributed by atoms with Crippen LogP contribution in [0.3, 0.4) is 0 Å². The van der Waals surface area contributed by atoms with Crippen LogP contribution in [0.25, 0.3) is 32.9 Å². The number of fused-ring (bicyclic) bond motifs is 1. The predicted octanol–water partition coefficient (Wildman–Crippen LogP) is 5.84. The van der Waals surface area contributed by atoms with Crippen molar-refractivity contribution in [2.45, 2.75) is 52.4 Å². The van der Waals surface area contributed by atoms with Gasteiger partial charge in [0.2, 0.25) is 0 Å². The fourth-order valence-electron chi connectivity index (χ4n) is 5.74. The fraction of sp³-hybridized carbons (Fsp3) is 0.273. The standard InChI is InChI=1S/C33H31N3O5/c1-19-16-24-22(8-10-26(37)36(24)18-20-6-5-13-34-17-20)29(27(19)31(32(38)39)41-33(2,3)4)23-7-9-25-28-21(12-15-40-25)11-14-35-30(23)28/h5-11,13-14,16-17,31H,12,15,18H2,1-4H3,(H,38,39). The Bertz CT molecular complexity index is 1860. The lowest BCUT2D eigenvalue weighted by molar-refractivity contribution is -0.160. The van der Waals surface area contributed by atoms with E-state index in [1.165, 1.54) is 6.07 Å². The molecule has 0 bridgehead atoms. The number of hydrogen-bond donors (Lipinski definition) is 1. The van der Waals surface area contributed by atoms with Crippen LogP contribution in [0.5, 0.6) is 5.75 Å². The zero-order valence-electron chi connectivity index (χ0n) is 23.5. The van der Waals surface area contributed by atoms with E-state index in [0.717, 1.165) is 45.1 Å². The Morgan fingerprint density at radius 3 is 2.71 bits per heavy atom. The number of carboxylic acid groups (broad SMARTS) is 1. The van der Waals surface area contributed by atoms with Gasteiger partial charge in [-0.3, -0.25) is 14.8 Å². The van der Waals surface area contributed by atoms with Crippen molar-refractivity contribution >= 4 is 27.8 Å². The van der Waals surface area contributed by atoms with E-state index in [2.05, 4.69) is 4.98 Å². The topological polar surface area (TPSA) is 104 Å². The first-order valence-electron chi connectivity index (χ1n) is 13.6. The molecule has 1 aliphatic rings. The molecule has 2 aromatic carbocycles. The van der Waals surface area contributed by atoms with E-state index in [1.807, 2.05) is 64.1 Å². The van der Waals surface area contributed by atoms with Crippen molar-refractivity contribution in [1.82, 2.24) is 14.5 Å². The summed E-state index contributed by atoms with van der Waals surface area (Å²) in [6.07, 6.45) is 4.72. The SMILES string of the molecule is Cc1cc2c(ccc(=O)n2Cc2cccnc2)c(-c2ccc3c4c(ccnc24)CCO3)c1C(OC(C)(C)C)C(=O)O. The molecule has 0 fully saturated rings. The number of benzene rings is 2. The highest BCUT2D eigenvalue weighted by Gasteiger charge is 2.33. The van der Waals surface area contributed by atoms with E-state index >= 15 is 0 Å². The number of ether oxygens (including phenoxy) is 2. The smallest absolute Gasteiger partial charge is 0.337 e. The number of aromatic nitrogens is 3. The molecule has 8 heteroatoms. The number of hydrogen-bond acceptors (Lipinski definition) is 6. The van der Waals surface area contributed by atoms with Crippen LogP contribution in [0.1, 0.15) is 49.1 Å². The van der Waals surface area contributed by atoms with Crippen molar-refractivity contribution in [3.05, 3.63) is 99.7 Å². The second-order valence-electron chi connectivity index (χ2n) is 11.4. The first kappa shape index (κ1) is 26.7. The van der Waals surface area contributed by atoms with Crippen LogP contribution in [0.4, 0.5) is 0 Å². The molecule has 3 aromatic heterocycles. The Morgan fingerprint density at radius 1 is 1.15 bits per heavy atom. The van der Waals surface area contributed by atoms with Crippen molar-refractivity contribution in [2.24, 2.45) is 0 Å². The third-order valence-electron chi connectivity index (χ3n) is 7.40. The van der Waals surface area contributed by atoms with Gasteiger partial charge in [-0.15, -0.1) is 0 Å². The highest BCUT2D eigenvalue weighted by Crippen LogP contribution is 2.45. The van der Waals surface area contributed by atoms with Gasteiger partial charge in [0.15, 0.2) is 6.10 Å². The molecule has 0 amide bonds. The van der Waals surface area contributed by atoms with E-state index in [-0.39, 0.29) is 5.56 Å². The first-order valence-corrected chi connectivity index (χ1v) is 13.6. The van der Waals surface area contributed by atoms with E-state index in [1.54, 1.807) is 29.2 Å². The molecule has 8 nitrogen and oxygen atoms in total.